The molecule has 0 heterocycles. The summed E-state index contributed by atoms with van der Waals surface area (Å²) in [5, 5.41) is 3.23. The highest BCUT2D eigenvalue weighted by Gasteiger charge is 1.99. The highest BCUT2D eigenvalue weighted by molar-refractivity contribution is 5.54. The summed E-state index contributed by atoms with van der Waals surface area (Å²) in [6, 6.07) is 8.99. The lowest BCUT2D eigenvalue weighted by Crippen LogP contribution is -2.21. The molecule has 1 atom stereocenters. The van der Waals surface area contributed by atoms with Crippen molar-refractivity contribution in [3.05, 3.63) is 41.0 Å². The van der Waals surface area contributed by atoms with Gasteiger partial charge in [-0.25, -0.2) is 0 Å². The lowest BCUT2D eigenvalue weighted by molar-refractivity contribution is 0.696. The van der Waals surface area contributed by atoms with E-state index in [0.29, 0.717) is 6.04 Å². The maximum Gasteiger partial charge on any atom is 0.0248 e. The topological polar surface area (TPSA) is 12.0 Å². The number of hydrogen-bond donors (Lipinski definition) is 1. The van der Waals surface area contributed by atoms with E-state index in [9.17, 15) is 0 Å². The third kappa shape index (κ3) is 3.00. The van der Waals surface area contributed by atoms with E-state index in [2.05, 4.69) is 56.4 Å². The van der Waals surface area contributed by atoms with Crippen LogP contribution < -0.4 is 5.32 Å². The highest BCUT2D eigenvalue weighted by atomic mass is 14.8. The van der Waals surface area contributed by atoms with E-state index in [0.717, 1.165) is 0 Å². The van der Waals surface area contributed by atoms with Crippen LogP contribution in [-0.4, -0.2) is 13.1 Å². The van der Waals surface area contributed by atoms with Gasteiger partial charge in [-0.3, -0.25) is 0 Å². The van der Waals surface area contributed by atoms with E-state index < -0.39 is 0 Å². The summed E-state index contributed by atoms with van der Waals surface area (Å²) in [4.78, 5) is 0. The Morgan fingerprint density at radius 1 is 1.43 bits per heavy atom. The van der Waals surface area contributed by atoms with Crippen LogP contribution in [0.4, 0.5) is 0 Å². The van der Waals surface area contributed by atoms with Gasteiger partial charge in [0.2, 0.25) is 0 Å². The van der Waals surface area contributed by atoms with Crippen LogP contribution in [0.2, 0.25) is 0 Å². The molecule has 0 saturated heterocycles. The normalized spacial score (nSPS) is 14.1. The number of aryl methyl sites for hydroxylation is 1. The van der Waals surface area contributed by atoms with Crippen molar-refractivity contribution in [2.24, 2.45) is 0 Å². The summed E-state index contributed by atoms with van der Waals surface area (Å²) in [7, 11) is 1.98. The zero-order valence-corrected chi connectivity index (χ0v) is 9.46. The predicted octanol–water partition coefficient (Wildman–Crippen LogP) is 3.01. The number of likely N-dealkylation sites (N-methyl/N-ethyl adjacent to an activating group) is 1. The maximum atomic E-state index is 3.23. The molecule has 0 spiro atoms. The molecule has 0 saturated carbocycles. The first-order valence-electron chi connectivity index (χ1n) is 5.05. The Kier molecular flexibility index (Phi) is 3.90. The van der Waals surface area contributed by atoms with Crippen LogP contribution in [0.5, 0.6) is 0 Å². The molecule has 0 radical (unpaired) electrons. The van der Waals surface area contributed by atoms with Gasteiger partial charge in [-0.1, -0.05) is 41.5 Å². The van der Waals surface area contributed by atoms with Crippen molar-refractivity contribution in [2.75, 3.05) is 7.05 Å². The van der Waals surface area contributed by atoms with Gasteiger partial charge in [0.25, 0.3) is 0 Å². The molecule has 1 nitrogen and oxygen atoms in total. The van der Waals surface area contributed by atoms with Crippen LogP contribution in [-0.2, 0) is 0 Å². The molecular formula is C13H19N. The summed E-state index contributed by atoms with van der Waals surface area (Å²) in [6.45, 7) is 6.44. The summed E-state index contributed by atoms with van der Waals surface area (Å²) in [5.74, 6) is 0. The van der Waals surface area contributed by atoms with Crippen molar-refractivity contribution in [1.29, 1.82) is 0 Å². The highest BCUT2D eigenvalue weighted by Crippen LogP contribution is 2.11. The average Bonchev–Trinajstić information content (AvgIpc) is 2.16. The van der Waals surface area contributed by atoms with E-state index in [1.54, 1.807) is 0 Å². The standard InChI is InChI=1S/C13H19N/c1-10-6-5-7-13(8-10)9-11(2)12(3)14-4/h5-9,12,14H,1-4H3/b11-9+. The molecule has 0 aliphatic carbocycles. The molecule has 0 aliphatic heterocycles. The van der Waals surface area contributed by atoms with Crippen molar-refractivity contribution in [1.82, 2.24) is 5.32 Å². The van der Waals surface area contributed by atoms with Gasteiger partial charge >= 0.3 is 0 Å². The van der Waals surface area contributed by atoms with E-state index in [4.69, 9.17) is 0 Å². The summed E-state index contributed by atoms with van der Waals surface area (Å²) in [6.07, 6.45) is 2.23. The second-order valence-electron chi connectivity index (χ2n) is 3.81. The van der Waals surface area contributed by atoms with Crippen molar-refractivity contribution < 1.29 is 0 Å². The summed E-state index contributed by atoms with van der Waals surface area (Å²) in [5.41, 5.74) is 3.95. The van der Waals surface area contributed by atoms with Gasteiger partial charge < -0.3 is 5.32 Å². The van der Waals surface area contributed by atoms with Crippen LogP contribution in [0.15, 0.2) is 29.8 Å². The third-order valence-corrected chi connectivity index (χ3v) is 2.55. The molecule has 14 heavy (non-hydrogen) atoms. The van der Waals surface area contributed by atoms with Gasteiger partial charge in [0.15, 0.2) is 0 Å². The monoisotopic (exact) mass is 189 g/mol. The van der Waals surface area contributed by atoms with Crippen molar-refractivity contribution in [2.45, 2.75) is 26.8 Å². The van der Waals surface area contributed by atoms with Gasteiger partial charge in [0, 0.05) is 6.04 Å². The van der Waals surface area contributed by atoms with E-state index in [-0.39, 0.29) is 0 Å². The largest absolute Gasteiger partial charge is 0.314 e. The molecule has 1 N–H and O–H groups in total. The lowest BCUT2D eigenvalue weighted by Gasteiger charge is -2.10. The Morgan fingerprint density at radius 3 is 2.71 bits per heavy atom. The number of hydrogen-bond acceptors (Lipinski definition) is 1. The van der Waals surface area contributed by atoms with Crippen LogP contribution >= 0.6 is 0 Å². The predicted molar refractivity (Wildman–Crippen MR) is 63.4 cm³/mol. The van der Waals surface area contributed by atoms with E-state index >= 15 is 0 Å². The van der Waals surface area contributed by atoms with Gasteiger partial charge in [0.1, 0.15) is 0 Å². The quantitative estimate of drug-likeness (QED) is 0.770. The number of benzene rings is 1. The van der Waals surface area contributed by atoms with E-state index in [1.807, 2.05) is 7.05 Å². The first-order chi connectivity index (χ1) is 6.63. The molecule has 0 fully saturated rings. The fraction of sp³-hybridized carbons (Fsp3) is 0.385. The van der Waals surface area contributed by atoms with Crippen LogP contribution in [0.25, 0.3) is 6.08 Å². The Balaban J connectivity index is 2.86. The zero-order chi connectivity index (χ0) is 10.6. The Morgan fingerprint density at radius 2 is 2.14 bits per heavy atom. The molecule has 1 unspecified atom stereocenters. The minimum absolute atomic E-state index is 0.440. The van der Waals surface area contributed by atoms with Crippen LogP contribution in [0, 0.1) is 6.92 Å². The fourth-order valence-corrected chi connectivity index (χ4v) is 1.38. The smallest absolute Gasteiger partial charge is 0.0248 e. The molecule has 1 heteroatoms. The molecular weight excluding hydrogens is 170 g/mol. The fourth-order valence-electron chi connectivity index (χ4n) is 1.38. The van der Waals surface area contributed by atoms with Crippen molar-refractivity contribution >= 4 is 6.08 Å². The minimum atomic E-state index is 0.440. The van der Waals surface area contributed by atoms with Crippen molar-refractivity contribution in [3.8, 4) is 0 Å². The van der Waals surface area contributed by atoms with Crippen molar-refractivity contribution in [3.63, 3.8) is 0 Å². The first kappa shape index (κ1) is 11.0. The third-order valence-electron chi connectivity index (χ3n) is 2.55. The number of nitrogens with one attached hydrogen (secondary N) is 1. The molecule has 1 aromatic carbocycles. The summed E-state index contributed by atoms with van der Waals surface area (Å²) >= 11 is 0. The van der Waals surface area contributed by atoms with Gasteiger partial charge in [-0.2, -0.15) is 0 Å². The molecule has 1 rings (SSSR count). The minimum Gasteiger partial charge on any atom is -0.314 e. The molecule has 1 aromatic rings. The Bertz CT molecular complexity index is 326. The van der Waals surface area contributed by atoms with Crippen LogP contribution in [0.3, 0.4) is 0 Å². The zero-order valence-electron chi connectivity index (χ0n) is 9.46. The molecule has 0 bridgehead atoms. The summed E-state index contributed by atoms with van der Waals surface area (Å²) < 4.78 is 0. The lowest BCUT2D eigenvalue weighted by atomic mass is 10.1. The second kappa shape index (κ2) is 4.97. The van der Waals surface area contributed by atoms with Crippen LogP contribution in [0.1, 0.15) is 25.0 Å². The van der Waals surface area contributed by atoms with E-state index in [1.165, 1.54) is 16.7 Å². The molecule has 76 valence electrons. The Labute approximate surface area is 86.8 Å². The molecule has 0 aliphatic rings. The van der Waals surface area contributed by atoms with Gasteiger partial charge in [0.05, 0.1) is 0 Å². The van der Waals surface area contributed by atoms with Gasteiger partial charge in [-0.05, 0) is 33.4 Å². The SMILES string of the molecule is CNC(C)/C(C)=C/c1cccc(C)c1. The average molecular weight is 189 g/mol. The molecule has 0 amide bonds. The number of rotatable bonds is 3. The molecule has 0 aromatic heterocycles. The maximum absolute atomic E-state index is 3.23. The van der Waals surface area contributed by atoms with Gasteiger partial charge in [-0.15, -0.1) is 0 Å². The first-order valence-corrected chi connectivity index (χ1v) is 5.05. The Hall–Kier alpha value is -1.08. The second-order valence-corrected chi connectivity index (χ2v) is 3.81.